The highest BCUT2D eigenvalue weighted by Crippen LogP contribution is 2.29. The fraction of sp³-hybridized carbons (Fsp3) is 0.625. The molecule has 1 aliphatic rings. The highest BCUT2D eigenvalue weighted by atomic mass is 32.2. The van der Waals surface area contributed by atoms with E-state index < -0.39 is 0 Å². The topological polar surface area (TPSA) is 29.3 Å². The Labute approximate surface area is 121 Å². The fourth-order valence-corrected chi connectivity index (χ4v) is 3.70. The molecule has 3 unspecified atom stereocenters. The second-order valence-corrected chi connectivity index (χ2v) is 6.80. The van der Waals surface area contributed by atoms with Crippen molar-refractivity contribution in [3.63, 3.8) is 0 Å². The van der Waals surface area contributed by atoms with Gasteiger partial charge < -0.3 is 5.73 Å². The number of hydrogen-bond donors (Lipinski definition) is 1. The van der Waals surface area contributed by atoms with Gasteiger partial charge in [0.05, 0.1) is 0 Å². The molecule has 0 aliphatic carbocycles. The van der Waals surface area contributed by atoms with Gasteiger partial charge in [-0.3, -0.25) is 4.90 Å². The molecule has 1 aromatic carbocycles. The third kappa shape index (κ3) is 3.74. The van der Waals surface area contributed by atoms with Crippen molar-refractivity contribution >= 4 is 11.8 Å². The molecule has 1 heterocycles. The van der Waals surface area contributed by atoms with E-state index in [4.69, 9.17) is 5.73 Å². The van der Waals surface area contributed by atoms with E-state index in [0.717, 1.165) is 11.8 Å². The molecule has 0 radical (unpaired) electrons. The molecule has 3 heteroatoms. The van der Waals surface area contributed by atoms with Crippen LogP contribution in [-0.4, -0.2) is 30.8 Å². The highest BCUT2D eigenvalue weighted by molar-refractivity contribution is 7.98. The summed E-state index contributed by atoms with van der Waals surface area (Å²) in [5.41, 5.74) is 7.41. The molecule has 1 aromatic rings. The average molecular weight is 278 g/mol. The van der Waals surface area contributed by atoms with Crippen molar-refractivity contribution in [2.75, 3.05) is 25.9 Å². The predicted octanol–water partition coefficient (Wildman–Crippen LogP) is 3.39. The maximum atomic E-state index is 6.05. The quantitative estimate of drug-likeness (QED) is 0.856. The van der Waals surface area contributed by atoms with Crippen LogP contribution in [0.4, 0.5) is 0 Å². The minimum absolute atomic E-state index is 0.376. The van der Waals surface area contributed by atoms with Crippen LogP contribution in [0.15, 0.2) is 29.2 Å². The Morgan fingerprint density at radius 3 is 2.26 bits per heavy atom. The van der Waals surface area contributed by atoms with Crippen LogP contribution in [0.2, 0.25) is 0 Å². The van der Waals surface area contributed by atoms with Gasteiger partial charge in [-0.2, -0.15) is 0 Å². The summed E-state index contributed by atoms with van der Waals surface area (Å²) in [5.74, 6) is 1.56. The number of rotatable bonds is 4. The summed E-state index contributed by atoms with van der Waals surface area (Å²) in [5, 5.41) is 0. The van der Waals surface area contributed by atoms with Crippen LogP contribution in [0.5, 0.6) is 0 Å². The molecule has 0 bridgehead atoms. The Kier molecular flexibility index (Phi) is 5.31. The molecular formula is C16H26N2S. The van der Waals surface area contributed by atoms with Crippen LogP contribution in [0.25, 0.3) is 0 Å². The standard InChI is InChI=1S/C16H26N2S/c1-12-8-13(2)11-18(10-12)16(9-17)14-4-6-15(19-3)7-5-14/h4-7,12-13,16H,8-11,17H2,1-3H3. The second-order valence-electron chi connectivity index (χ2n) is 5.92. The molecule has 3 atom stereocenters. The molecule has 1 fully saturated rings. The number of hydrogen-bond acceptors (Lipinski definition) is 3. The summed E-state index contributed by atoms with van der Waals surface area (Å²) in [4.78, 5) is 3.90. The van der Waals surface area contributed by atoms with Gasteiger partial charge in [-0.05, 0) is 42.2 Å². The molecule has 0 saturated carbocycles. The van der Waals surface area contributed by atoms with Crippen LogP contribution in [-0.2, 0) is 0 Å². The van der Waals surface area contributed by atoms with E-state index >= 15 is 0 Å². The molecule has 0 spiro atoms. The number of nitrogens with zero attached hydrogens (tertiary/aromatic N) is 1. The first-order chi connectivity index (χ1) is 9.13. The van der Waals surface area contributed by atoms with Crippen molar-refractivity contribution in [1.29, 1.82) is 0 Å². The lowest BCUT2D eigenvalue weighted by molar-refractivity contribution is 0.0984. The van der Waals surface area contributed by atoms with Crippen molar-refractivity contribution in [1.82, 2.24) is 4.90 Å². The van der Waals surface area contributed by atoms with Crippen LogP contribution in [0.1, 0.15) is 31.9 Å². The molecule has 2 nitrogen and oxygen atoms in total. The largest absolute Gasteiger partial charge is 0.329 e. The van der Waals surface area contributed by atoms with E-state index in [1.54, 1.807) is 11.8 Å². The summed E-state index contributed by atoms with van der Waals surface area (Å²) in [6, 6.07) is 9.28. The minimum Gasteiger partial charge on any atom is -0.329 e. The van der Waals surface area contributed by atoms with Crippen molar-refractivity contribution in [3.05, 3.63) is 29.8 Å². The molecule has 1 saturated heterocycles. The lowest BCUT2D eigenvalue weighted by atomic mass is 9.90. The van der Waals surface area contributed by atoms with E-state index in [1.165, 1.54) is 30.0 Å². The van der Waals surface area contributed by atoms with Gasteiger partial charge in [0.25, 0.3) is 0 Å². The molecule has 19 heavy (non-hydrogen) atoms. The normalized spacial score (nSPS) is 26.3. The Hall–Kier alpha value is -0.510. The Bertz CT molecular complexity index is 380. The number of likely N-dealkylation sites (tertiary alicyclic amines) is 1. The maximum Gasteiger partial charge on any atom is 0.0470 e. The van der Waals surface area contributed by atoms with Crippen molar-refractivity contribution in [2.24, 2.45) is 17.6 Å². The number of piperidine rings is 1. The molecule has 2 N–H and O–H groups in total. The summed E-state index contributed by atoms with van der Waals surface area (Å²) in [6.45, 7) is 7.77. The first-order valence-corrected chi connectivity index (χ1v) is 8.44. The van der Waals surface area contributed by atoms with Gasteiger partial charge >= 0.3 is 0 Å². The summed E-state index contributed by atoms with van der Waals surface area (Å²) < 4.78 is 0. The van der Waals surface area contributed by atoms with Crippen LogP contribution in [0.3, 0.4) is 0 Å². The van der Waals surface area contributed by atoms with E-state index in [1.807, 2.05) is 0 Å². The highest BCUT2D eigenvalue weighted by Gasteiger charge is 2.27. The van der Waals surface area contributed by atoms with Crippen molar-refractivity contribution in [2.45, 2.75) is 31.2 Å². The number of thioether (sulfide) groups is 1. The first kappa shape index (κ1) is 14.9. The van der Waals surface area contributed by atoms with Crippen molar-refractivity contribution in [3.8, 4) is 0 Å². The van der Waals surface area contributed by atoms with Crippen LogP contribution in [0, 0.1) is 11.8 Å². The van der Waals surface area contributed by atoms with Crippen LogP contribution >= 0.6 is 11.8 Å². The predicted molar refractivity (Wildman–Crippen MR) is 84.5 cm³/mol. The Morgan fingerprint density at radius 2 is 1.79 bits per heavy atom. The smallest absolute Gasteiger partial charge is 0.0470 e. The monoisotopic (exact) mass is 278 g/mol. The molecule has 2 rings (SSSR count). The van der Waals surface area contributed by atoms with Gasteiger partial charge in [0.1, 0.15) is 0 Å². The van der Waals surface area contributed by atoms with Gasteiger partial charge in [-0.1, -0.05) is 26.0 Å². The van der Waals surface area contributed by atoms with E-state index in [-0.39, 0.29) is 0 Å². The number of nitrogens with two attached hydrogens (primary N) is 1. The maximum absolute atomic E-state index is 6.05. The molecular weight excluding hydrogens is 252 g/mol. The van der Waals surface area contributed by atoms with E-state index in [9.17, 15) is 0 Å². The van der Waals surface area contributed by atoms with Crippen LogP contribution < -0.4 is 5.73 Å². The average Bonchev–Trinajstić information content (AvgIpc) is 2.39. The fourth-order valence-electron chi connectivity index (χ4n) is 3.29. The van der Waals surface area contributed by atoms with Crippen molar-refractivity contribution < 1.29 is 0 Å². The zero-order chi connectivity index (χ0) is 13.8. The third-order valence-electron chi connectivity index (χ3n) is 4.06. The van der Waals surface area contributed by atoms with Gasteiger partial charge in [0, 0.05) is 30.6 Å². The van der Waals surface area contributed by atoms with E-state index in [2.05, 4.69) is 49.3 Å². The molecule has 0 aromatic heterocycles. The lowest BCUT2D eigenvalue weighted by Crippen LogP contribution is -2.43. The Morgan fingerprint density at radius 1 is 1.21 bits per heavy atom. The first-order valence-electron chi connectivity index (χ1n) is 7.22. The number of benzene rings is 1. The third-order valence-corrected chi connectivity index (χ3v) is 4.81. The SMILES string of the molecule is CSc1ccc(C(CN)N2CC(C)CC(C)C2)cc1. The second kappa shape index (κ2) is 6.78. The van der Waals surface area contributed by atoms with Gasteiger partial charge in [0.15, 0.2) is 0 Å². The van der Waals surface area contributed by atoms with Gasteiger partial charge in [-0.25, -0.2) is 0 Å². The summed E-state index contributed by atoms with van der Waals surface area (Å²) in [6.07, 6.45) is 3.46. The zero-order valence-electron chi connectivity index (χ0n) is 12.3. The summed E-state index contributed by atoms with van der Waals surface area (Å²) >= 11 is 1.79. The molecule has 0 amide bonds. The summed E-state index contributed by atoms with van der Waals surface area (Å²) in [7, 11) is 0. The Balaban J connectivity index is 2.13. The van der Waals surface area contributed by atoms with E-state index in [0.29, 0.717) is 12.6 Å². The minimum atomic E-state index is 0.376. The lowest BCUT2D eigenvalue weighted by Gasteiger charge is -2.40. The molecule has 106 valence electrons. The van der Waals surface area contributed by atoms with Gasteiger partial charge in [0.2, 0.25) is 0 Å². The van der Waals surface area contributed by atoms with Gasteiger partial charge in [-0.15, -0.1) is 11.8 Å². The zero-order valence-corrected chi connectivity index (χ0v) is 13.1. The molecule has 1 aliphatic heterocycles.